The van der Waals surface area contributed by atoms with Gasteiger partial charge in [0.2, 0.25) is 0 Å². The van der Waals surface area contributed by atoms with Crippen LogP contribution in [0.25, 0.3) is 0 Å². The number of rotatable bonds is 5. The lowest BCUT2D eigenvalue weighted by Gasteiger charge is -2.32. The topological polar surface area (TPSA) is 63.1 Å². The predicted octanol–water partition coefficient (Wildman–Crippen LogP) is 4.79. The van der Waals surface area contributed by atoms with E-state index < -0.39 is 0 Å². The number of carbonyl (C=O) groups excluding carboxylic acids is 1. The quantitative estimate of drug-likeness (QED) is 0.726. The molecule has 2 fully saturated rings. The van der Waals surface area contributed by atoms with Crippen molar-refractivity contribution in [2.24, 2.45) is 0 Å². The SMILES string of the molecule is CCSc1ccc(Cl)cc1NC(=O)N1CCC[C@H](c2nncn2C2CC2)C1. The monoisotopic (exact) mass is 405 g/mol. The minimum Gasteiger partial charge on any atom is -0.324 e. The van der Waals surface area contributed by atoms with Crippen LogP contribution in [-0.4, -0.2) is 44.5 Å². The van der Waals surface area contributed by atoms with E-state index in [2.05, 4.69) is 27.0 Å². The van der Waals surface area contributed by atoms with E-state index in [0.29, 0.717) is 17.6 Å². The van der Waals surface area contributed by atoms with E-state index in [1.807, 2.05) is 29.4 Å². The van der Waals surface area contributed by atoms with Gasteiger partial charge < -0.3 is 14.8 Å². The second kappa shape index (κ2) is 8.10. The number of hydrogen-bond acceptors (Lipinski definition) is 4. The molecule has 27 heavy (non-hydrogen) atoms. The summed E-state index contributed by atoms with van der Waals surface area (Å²) in [6.07, 6.45) is 6.26. The Labute approximate surface area is 168 Å². The molecule has 1 saturated heterocycles. The number of nitrogens with one attached hydrogen (secondary N) is 1. The molecule has 0 bridgehead atoms. The third-order valence-corrected chi connectivity index (χ3v) is 6.29. The molecule has 2 aliphatic rings. The van der Waals surface area contributed by atoms with Crippen LogP contribution >= 0.6 is 23.4 Å². The van der Waals surface area contributed by atoms with Crippen LogP contribution in [0.5, 0.6) is 0 Å². The maximum absolute atomic E-state index is 12.9. The Morgan fingerprint density at radius 2 is 2.22 bits per heavy atom. The Hall–Kier alpha value is -1.73. The fourth-order valence-electron chi connectivity index (χ4n) is 3.63. The van der Waals surface area contributed by atoms with Gasteiger partial charge in [-0.1, -0.05) is 18.5 Å². The van der Waals surface area contributed by atoms with Gasteiger partial charge in [-0.3, -0.25) is 0 Å². The van der Waals surface area contributed by atoms with Crippen LogP contribution in [0.4, 0.5) is 10.5 Å². The minimum atomic E-state index is -0.0718. The number of carbonyl (C=O) groups is 1. The predicted molar refractivity (Wildman–Crippen MR) is 109 cm³/mol. The van der Waals surface area contributed by atoms with Gasteiger partial charge in [0.05, 0.1) is 5.69 Å². The highest BCUT2D eigenvalue weighted by Crippen LogP contribution is 2.38. The van der Waals surface area contributed by atoms with Crippen LogP contribution in [0.2, 0.25) is 5.02 Å². The van der Waals surface area contributed by atoms with E-state index in [1.54, 1.807) is 11.8 Å². The molecule has 1 aromatic heterocycles. The van der Waals surface area contributed by atoms with Crippen LogP contribution < -0.4 is 5.32 Å². The summed E-state index contributed by atoms with van der Waals surface area (Å²) in [5.41, 5.74) is 0.780. The van der Waals surface area contributed by atoms with Gasteiger partial charge in [0.1, 0.15) is 12.2 Å². The summed E-state index contributed by atoms with van der Waals surface area (Å²) in [5, 5.41) is 12.2. The van der Waals surface area contributed by atoms with Crippen LogP contribution in [0.1, 0.15) is 50.4 Å². The fraction of sp³-hybridized carbons (Fsp3) is 0.526. The first-order chi connectivity index (χ1) is 13.2. The molecule has 0 unspecified atom stereocenters. The molecule has 1 aliphatic carbocycles. The van der Waals surface area contributed by atoms with E-state index in [4.69, 9.17) is 11.6 Å². The zero-order chi connectivity index (χ0) is 18.8. The molecule has 1 saturated carbocycles. The molecule has 6 nitrogen and oxygen atoms in total. The third kappa shape index (κ3) is 4.24. The number of anilines is 1. The lowest BCUT2D eigenvalue weighted by atomic mass is 9.97. The molecule has 1 atom stereocenters. The molecule has 2 aromatic rings. The van der Waals surface area contributed by atoms with E-state index in [1.165, 1.54) is 12.8 Å². The molecule has 0 radical (unpaired) electrons. The van der Waals surface area contributed by atoms with Crippen molar-refractivity contribution < 1.29 is 4.79 Å². The highest BCUT2D eigenvalue weighted by atomic mass is 35.5. The standard InChI is InChI=1S/C19H24ClN5OS/c1-2-27-17-8-5-14(20)10-16(17)22-19(26)24-9-3-4-13(11-24)18-23-21-12-25(18)15-6-7-15/h5,8,10,12-13,15H,2-4,6-7,9,11H2,1H3,(H,22,26)/t13-/m0/s1. The first-order valence-corrected chi connectivity index (χ1v) is 10.9. The Bertz CT molecular complexity index is 822. The molecule has 4 rings (SSSR count). The van der Waals surface area contributed by atoms with Gasteiger partial charge in [-0.05, 0) is 49.6 Å². The van der Waals surface area contributed by atoms with Crippen molar-refractivity contribution in [2.75, 3.05) is 24.2 Å². The molecular formula is C19H24ClN5OS. The summed E-state index contributed by atoms with van der Waals surface area (Å²) in [6, 6.07) is 6.12. The number of thioether (sulfide) groups is 1. The van der Waals surface area contributed by atoms with Crippen molar-refractivity contribution in [3.63, 3.8) is 0 Å². The molecule has 1 N–H and O–H groups in total. The number of likely N-dealkylation sites (tertiary alicyclic amines) is 1. The number of urea groups is 1. The van der Waals surface area contributed by atoms with Gasteiger partial charge in [0.25, 0.3) is 0 Å². The Morgan fingerprint density at radius 1 is 1.37 bits per heavy atom. The highest BCUT2D eigenvalue weighted by Gasteiger charge is 2.32. The Kier molecular flexibility index (Phi) is 5.59. The summed E-state index contributed by atoms with van der Waals surface area (Å²) in [6.45, 7) is 3.53. The van der Waals surface area contributed by atoms with Crippen molar-refractivity contribution in [2.45, 2.75) is 49.5 Å². The first kappa shape index (κ1) is 18.6. The summed E-state index contributed by atoms with van der Waals surface area (Å²) < 4.78 is 2.21. The van der Waals surface area contributed by atoms with Crippen LogP contribution in [-0.2, 0) is 0 Å². The lowest BCUT2D eigenvalue weighted by Crippen LogP contribution is -2.42. The van der Waals surface area contributed by atoms with E-state index in [9.17, 15) is 4.79 Å². The lowest BCUT2D eigenvalue weighted by molar-refractivity contribution is 0.190. The summed E-state index contributed by atoms with van der Waals surface area (Å²) in [7, 11) is 0. The second-order valence-corrected chi connectivity index (χ2v) is 8.86. The van der Waals surface area contributed by atoms with E-state index >= 15 is 0 Å². The number of piperidine rings is 1. The molecule has 2 heterocycles. The van der Waals surface area contributed by atoms with Crippen molar-refractivity contribution in [1.29, 1.82) is 0 Å². The number of amides is 2. The van der Waals surface area contributed by atoms with Crippen LogP contribution in [0.15, 0.2) is 29.4 Å². The highest BCUT2D eigenvalue weighted by molar-refractivity contribution is 7.99. The number of halogens is 1. The average Bonchev–Trinajstić information content (AvgIpc) is 3.40. The Balaban J connectivity index is 1.46. The molecule has 144 valence electrons. The van der Waals surface area contributed by atoms with Crippen molar-refractivity contribution in [1.82, 2.24) is 19.7 Å². The number of nitrogens with zero attached hydrogens (tertiary/aromatic N) is 4. The largest absolute Gasteiger partial charge is 0.324 e. The number of benzene rings is 1. The normalized spacial score (nSPS) is 19.9. The van der Waals surface area contributed by atoms with Gasteiger partial charge >= 0.3 is 6.03 Å². The molecule has 1 aromatic carbocycles. The maximum atomic E-state index is 12.9. The second-order valence-electron chi connectivity index (χ2n) is 7.12. The zero-order valence-electron chi connectivity index (χ0n) is 15.4. The van der Waals surface area contributed by atoms with Crippen LogP contribution in [0, 0.1) is 0 Å². The third-order valence-electron chi connectivity index (χ3n) is 5.10. The molecule has 0 spiro atoms. The van der Waals surface area contributed by atoms with Gasteiger partial charge in [-0.25, -0.2) is 4.79 Å². The van der Waals surface area contributed by atoms with Crippen molar-refractivity contribution >= 4 is 35.1 Å². The zero-order valence-corrected chi connectivity index (χ0v) is 17.0. The number of aromatic nitrogens is 3. The maximum Gasteiger partial charge on any atom is 0.321 e. The average molecular weight is 406 g/mol. The number of hydrogen-bond donors (Lipinski definition) is 1. The minimum absolute atomic E-state index is 0.0718. The Morgan fingerprint density at radius 3 is 3.00 bits per heavy atom. The summed E-state index contributed by atoms with van der Waals surface area (Å²) in [4.78, 5) is 15.8. The van der Waals surface area contributed by atoms with Crippen molar-refractivity contribution in [3.8, 4) is 0 Å². The van der Waals surface area contributed by atoms with Gasteiger partial charge in [-0.2, -0.15) is 0 Å². The molecule has 8 heteroatoms. The molecule has 1 aliphatic heterocycles. The van der Waals surface area contributed by atoms with Gasteiger partial charge in [0.15, 0.2) is 0 Å². The van der Waals surface area contributed by atoms with Crippen LogP contribution in [0.3, 0.4) is 0 Å². The molecule has 2 amide bonds. The molecular weight excluding hydrogens is 382 g/mol. The van der Waals surface area contributed by atoms with Gasteiger partial charge in [0, 0.05) is 35.0 Å². The smallest absolute Gasteiger partial charge is 0.321 e. The summed E-state index contributed by atoms with van der Waals surface area (Å²) >= 11 is 7.83. The van der Waals surface area contributed by atoms with Gasteiger partial charge in [-0.15, -0.1) is 22.0 Å². The fourth-order valence-corrected chi connectivity index (χ4v) is 4.54. The van der Waals surface area contributed by atoms with Crippen molar-refractivity contribution in [3.05, 3.63) is 35.4 Å². The summed E-state index contributed by atoms with van der Waals surface area (Å²) in [5.74, 6) is 2.21. The van der Waals surface area contributed by atoms with E-state index in [0.717, 1.165) is 41.5 Å². The van der Waals surface area contributed by atoms with E-state index in [-0.39, 0.29) is 11.9 Å². The first-order valence-electron chi connectivity index (χ1n) is 9.53.